The summed E-state index contributed by atoms with van der Waals surface area (Å²) in [6.45, 7) is 3.59. The van der Waals surface area contributed by atoms with E-state index in [9.17, 15) is 13.2 Å². The Morgan fingerprint density at radius 1 is 1.06 bits per heavy atom. The summed E-state index contributed by atoms with van der Waals surface area (Å²) in [5.41, 5.74) is 0.0814. The minimum absolute atomic E-state index is 0.576. The highest BCUT2D eigenvalue weighted by Gasteiger charge is 2.30. The van der Waals surface area contributed by atoms with Crippen LogP contribution in [-0.4, -0.2) is 0 Å². The number of fused-ring (bicyclic) bond motifs is 1. The van der Waals surface area contributed by atoms with Crippen molar-refractivity contribution >= 4 is 16.8 Å². The largest absolute Gasteiger partial charge is 0.416 e. The molecular weight excluding hydrogens is 213 g/mol. The van der Waals surface area contributed by atoms with Crippen LogP contribution >= 0.6 is 0 Å². The van der Waals surface area contributed by atoms with Gasteiger partial charge in [-0.15, -0.1) is 0 Å². The molecule has 0 radical (unpaired) electrons. The molecule has 0 N–H and O–H groups in total. The van der Waals surface area contributed by atoms with E-state index in [0.717, 1.165) is 17.5 Å². The molecule has 2 rings (SSSR count). The Balaban J connectivity index is 2.73. The third-order valence-electron chi connectivity index (χ3n) is 2.46. The molecule has 0 spiro atoms. The second-order valence-electron chi connectivity index (χ2n) is 3.49. The van der Waals surface area contributed by atoms with Gasteiger partial charge in [-0.3, -0.25) is 0 Å². The van der Waals surface area contributed by atoms with Gasteiger partial charge in [-0.25, -0.2) is 0 Å². The first-order valence-corrected chi connectivity index (χ1v) is 4.75. The molecule has 0 saturated carbocycles. The maximum atomic E-state index is 12.5. The molecule has 16 heavy (non-hydrogen) atoms. The van der Waals surface area contributed by atoms with E-state index in [1.807, 2.05) is 0 Å². The molecule has 3 heteroatoms. The lowest BCUT2D eigenvalue weighted by Crippen LogP contribution is -2.04. The third kappa shape index (κ3) is 1.81. The molecule has 0 amide bonds. The van der Waals surface area contributed by atoms with E-state index in [2.05, 4.69) is 6.58 Å². The van der Waals surface area contributed by atoms with Gasteiger partial charge >= 0.3 is 6.18 Å². The monoisotopic (exact) mass is 222 g/mol. The van der Waals surface area contributed by atoms with Crippen molar-refractivity contribution in [2.24, 2.45) is 0 Å². The van der Waals surface area contributed by atoms with Crippen LogP contribution in [0.4, 0.5) is 13.2 Å². The van der Waals surface area contributed by atoms with E-state index in [4.69, 9.17) is 0 Å². The summed E-state index contributed by atoms with van der Waals surface area (Å²) >= 11 is 0. The Morgan fingerprint density at radius 3 is 2.44 bits per heavy atom. The average molecular weight is 222 g/mol. The van der Waals surface area contributed by atoms with Crippen molar-refractivity contribution in [1.82, 2.24) is 0 Å². The fourth-order valence-corrected chi connectivity index (χ4v) is 1.65. The van der Waals surface area contributed by atoms with Crippen molar-refractivity contribution in [2.45, 2.75) is 6.18 Å². The van der Waals surface area contributed by atoms with E-state index in [0.29, 0.717) is 10.9 Å². The number of halogens is 3. The topological polar surface area (TPSA) is 0 Å². The summed E-state index contributed by atoms with van der Waals surface area (Å²) < 4.78 is 37.6. The molecule has 0 heterocycles. The summed E-state index contributed by atoms with van der Waals surface area (Å²) in [4.78, 5) is 0. The Labute approximate surface area is 91.0 Å². The van der Waals surface area contributed by atoms with E-state index in [1.165, 1.54) is 6.07 Å². The summed E-state index contributed by atoms with van der Waals surface area (Å²) in [7, 11) is 0. The normalized spacial score (nSPS) is 11.7. The number of rotatable bonds is 1. The molecule has 0 aliphatic rings. The van der Waals surface area contributed by atoms with Crippen LogP contribution in [0, 0.1) is 0 Å². The van der Waals surface area contributed by atoms with E-state index < -0.39 is 11.7 Å². The average Bonchev–Trinajstić information content (AvgIpc) is 2.26. The van der Waals surface area contributed by atoms with Crippen LogP contribution in [0.5, 0.6) is 0 Å². The minimum atomic E-state index is -4.30. The predicted octanol–water partition coefficient (Wildman–Crippen LogP) is 4.50. The first kappa shape index (κ1) is 10.7. The molecule has 0 bridgehead atoms. The lowest BCUT2D eigenvalue weighted by Gasteiger charge is -2.09. The van der Waals surface area contributed by atoms with E-state index in [1.54, 1.807) is 24.3 Å². The summed E-state index contributed by atoms with van der Waals surface area (Å²) in [5, 5.41) is 1.36. The van der Waals surface area contributed by atoms with Crippen LogP contribution in [-0.2, 0) is 6.18 Å². The SMILES string of the molecule is C=Cc1cccc2ccc(C(F)(F)F)cc12. The zero-order chi connectivity index (χ0) is 11.8. The quantitative estimate of drug-likeness (QED) is 0.666. The molecule has 0 aliphatic heterocycles. The third-order valence-corrected chi connectivity index (χ3v) is 2.46. The molecule has 0 fully saturated rings. The lowest BCUT2D eigenvalue weighted by molar-refractivity contribution is -0.137. The summed E-state index contributed by atoms with van der Waals surface area (Å²) in [6, 6.07) is 9.05. The predicted molar refractivity (Wildman–Crippen MR) is 59.0 cm³/mol. The zero-order valence-electron chi connectivity index (χ0n) is 8.38. The van der Waals surface area contributed by atoms with Crippen molar-refractivity contribution < 1.29 is 13.2 Å². The fraction of sp³-hybridized carbons (Fsp3) is 0.0769. The molecule has 0 nitrogen and oxygen atoms in total. The Kier molecular flexibility index (Phi) is 2.46. The van der Waals surface area contributed by atoms with Crippen molar-refractivity contribution in [3.63, 3.8) is 0 Å². The van der Waals surface area contributed by atoms with Crippen LogP contribution < -0.4 is 0 Å². The second kappa shape index (κ2) is 3.67. The zero-order valence-corrected chi connectivity index (χ0v) is 8.38. The molecule has 0 atom stereocenters. The highest BCUT2D eigenvalue weighted by atomic mass is 19.4. The van der Waals surface area contributed by atoms with Crippen molar-refractivity contribution in [3.05, 3.63) is 54.1 Å². The van der Waals surface area contributed by atoms with Gasteiger partial charge in [-0.2, -0.15) is 13.2 Å². The number of hydrogen-bond donors (Lipinski definition) is 0. The minimum Gasteiger partial charge on any atom is -0.166 e. The smallest absolute Gasteiger partial charge is 0.166 e. The molecule has 0 aliphatic carbocycles. The van der Waals surface area contributed by atoms with Gasteiger partial charge in [0.05, 0.1) is 5.56 Å². The van der Waals surface area contributed by atoms with Crippen LogP contribution in [0.2, 0.25) is 0 Å². The van der Waals surface area contributed by atoms with Crippen molar-refractivity contribution in [3.8, 4) is 0 Å². The van der Waals surface area contributed by atoms with Crippen molar-refractivity contribution in [1.29, 1.82) is 0 Å². The fourth-order valence-electron chi connectivity index (χ4n) is 1.65. The Hall–Kier alpha value is -1.77. The van der Waals surface area contributed by atoms with Gasteiger partial charge in [0.2, 0.25) is 0 Å². The highest BCUT2D eigenvalue weighted by Crippen LogP contribution is 2.32. The second-order valence-corrected chi connectivity index (χ2v) is 3.49. The summed E-state index contributed by atoms with van der Waals surface area (Å²) in [6.07, 6.45) is -2.75. The van der Waals surface area contributed by atoms with Gasteiger partial charge in [-0.1, -0.05) is 36.9 Å². The maximum absolute atomic E-state index is 12.5. The Morgan fingerprint density at radius 2 is 1.81 bits per heavy atom. The van der Waals surface area contributed by atoms with Gasteiger partial charge in [0.25, 0.3) is 0 Å². The molecule has 2 aromatic carbocycles. The molecule has 2 aromatic rings. The number of benzene rings is 2. The summed E-state index contributed by atoms with van der Waals surface area (Å²) in [5.74, 6) is 0. The number of hydrogen-bond acceptors (Lipinski definition) is 0. The van der Waals surface area contributed by atoms with Gasteiger partial charge in [0.15, 0.2) is 0 Å². The molecule has 0 aromatic heterocycles. The van der Waals surface area contributed by atoms with Crippen LogP contribution in [0.3, 0.4) is 0 Å². The maximum Gasteiger partial charge on any atom is 0.416 e. The number of alkyl halides is 3. The van der Waals surface area contributed by atoms with Crippen molar-refractivity contribution in [2.75, 3.05) is 0 Å². The van der Waals surface area contributed by atoms with Crippen LogP contribution in [0.1, 0.15) is 11.1 Å². The standard InChI is InChI=1S/C13H9F3/c1-2-9-4-3-5-10-6-7-11(8-12(9)10)13(14,15)16/h2-8H,1H2. The molecule has 0 saturated heterocycles. The van der Waals surface area contributed by atoms with E-state index in [-0.39, 0.29) is 0 Å². The van der Waals surface area contributed by atoms with Gasteiger partial charge in [0, 0.05) is 0 Å². The van der Waals surface area contributed by atoms with Gasteiger partial charge in [-0.05, 0) is 28.5 Å². The van der Waals surface area contributed by atoms with Crippen LogP contribution in [0.25, 0.3) is 16.8 Å². The Bertz CT molecular complexity index is 538. The first-order valence-electron chi connectivity index (χ1n) is 4.75. The van der Waals surface area contributed by atoms with Gasteiger partial charge in [0.1, 0.15) is 0 Å². The van der Waals surface area contributed by atoms with Crippen LogP contribution in [0.15, 0.2) is 43.0 Å². The molecule has 82 valence electrons. The highest BCUT2D eigenvalue weighted by molar-refractivity contribution is 5.90. The van der Waals surface area contributed by atoms with Gasteiger partial charge < -0.3 is 0 Å². The van der Waals surface area contributed by atoms with E-state index >= 15 is 0 Å². The molecular formula is C13H9F3. The lowest BCUT2D eigenvalue weighted by atomic mass is 10.0. The molecule has 0 unspecified atom stereocenters. The first-order chi connectivity index (χ1) is 7.52.